The fourth-order valence-corrected chi connectivity index (χ4v) is 8.49. The normalized spacial score (nSPS) is 16.6. The molecular formula is C44H28N2. The molecular weight excluding hydrogens is 556 g/mol. The number of aromatic nitrogens is 2. The molecule has 9 aromatic rings. The molecule has 46 heavy (non-hydrogen) atoms. The second kappa shape index (κ2) is 8.87. The summed E-state index contributed by atoms with van der Waals surface area (Å²) in [6.45, 7) is 0. The van der Waals surface area contributed by atoms with E-state index < -0.39 is 0 Å². The van der Waals surface area contributed by atoms with Crippen molar-refractivity contribution in [2.75, 3.05) is 0 Å². The fourth-order valence-electron chi connectivity index (χ4n) is 8.49. The molecule has 0 saturated carbocycles. The van der Waals surface area contributed by atoms with Gasteiger partial charge in [-0.1, -0.05) is 115 Å². The van der Waals surface area contributed by atoms with Gasteiger partial charge in [0.15, 0.2) is 0 Å². The van der Waals surface area contributed by atoms with E-state index in [0.717, 1.165) is 0 Å². The molecule has 3 heterocycles. The Morgan fingerprint density at radius 2 is 1.02 bits per heavy atom. The van der Waals surface area contributed by atoms with Gasteiger partial charge in [0.05, 0.1) is 17.1 Å². The molecule has 0 spiro atoms. The summed E-state index contributed by atoms with van der Waals surface area (Å²) in [5.41, 5.74) is 7.54. The van der Waals surface area contributed by atoms with E-state index in [1.807, 2.05) is 0 Å². The average Bonchev–Trinajstić information content (AvgIpc) is 3.60. The SMILES string of the molecule is C1=c2ccccc2=CC2C1c1ccc3cc1n2c1cccc(c1)n1c2cc4ccccc4cc2c2ccc(cc21)c1ccccc31. The van der Waals surface area contributed by atoms with E-state index in [9.17, 15) is 0 Å². The zero-order valence-corrected chi connectivity index (χ0v) is 25.1. The molecule has 0 N–H and O–H groups in total. The van der Waals surface area contributed by atoms with Crippen LogP contribution in [0.4, 0.5) is 0 Å². The van der Waals surface area contributed by atoms with Gasteiger partial charge in [0.25, 0.3) is 0 Å². The third-order valence-corrected chi connectivity index (χ3v) is 10.6. The average molecular weight is 585 g/mol. The van der Waals surface area contributed by atoms with Crippen molar-refractivity contribution >= 4 is 82.8 Å². The van der Waals surface area contributed by atoms with Gasteiger partial charge in [-0.2, -0.15) is 0 Å². The molecule has 214 valence electrons. The summed E-state index contributed by atoms with van der Waals surface area (Å²) < 4.78 is 5.08. The van der Waals surface area contributed by atoms with Crippen LogP contribution in [0.15, 0.2) is 146 Å². The summed E-state index contributed by atoms with van der Waals surface area (Å²) in [6, 6.07) is 54.8. The molecule has 2 nitrogen and oxygen atoms in total. The van der Waals surface area contributed by atoms with E-state index >= 15 is 0 Å². The van der Waals surface area contributed by atoms with Crippen molar-refractivity contribution in [3.63, 3.8) is 0 Å². The molecule has 0 fully saturated rings. The van der Waals surface area contributed by atoms with Crippen LogP contribution in [0.3, 0.4) is 0 Å². The van der Waals surface area contributed by atoms with Crippen molar-refractivity contribution in [3.8, 4) is 0 Å². The Morgan fingerprint density at radius 1 is 0.391 bits per heavy atom. The highest BCUT2D eigenvalue weighted by Gasteiger charge is 2.31. The smallest absolute Gasteiger partial charge is 0.0635 e. The zero-order chi connectivity index (χ0) is 29.9. The van der Waals surface area contributed by atoms with E-state index in [1.165, 1.54) is 86.7 Å². The lowest BCUT2D eigenvalue weighted by Gasteiger charge is -2.21. The van der Waals surface area contributed by atoms with Crippen molar-refractivity contribution in [3.05, 3.63) is 162 Å². The highest BCUT2D eigenvalue weighted by molar-refractivity contribution is 6.16. The molecule has 2 aliphatic rings. The summed E-state index contributed by atoms with van der Waals surface area (Å²) in [6.07, 6.45) is 4.97. The van der Waals surface area contributed by atoms with Crippen molar-refractivity contribution in [1.82, 2.24) is 8.97 Å². The predicted molar refractivity (Wildman–Crippen MR) is 194 cm³/mol. The van der Waals surface area contributed by atoms with Gasteiger partial charge in [-0.25, -0.2) is 0 Å². The van der Waals surface area contributed by atoms with Gasteiger partial charge >= 0.3 is 0 Å². The van der Waals surface area contributed by atoms with Gasteiger partial charge in [-0.3, -0.25) is 0 Å². The lowest BCUT2D eigenvalue weighted by atomic mass is 9.89. The van der Waals surface area contributed by atoms with Gasteiger partial charge in [-0.15, -0.1) is 0 Å². The lowest BCUT2D eigenvalue weighted by molar-refractivity contribution is 0.662. The molecule has 0 radical (unpaired) electrons. The van der Waals surface area contributed by atoms with E-state index in [0.29, 0.717) is 0 Å². The standard InChI is InChI=1S/C44H28N2/c1-3-10-29-22-43-39(20-27(29)8-1)37-18-16-31-24-41(37)45(43)33-12-7-13-34(26-33)46-42-25-32(36-15-6-5-14-35(31)36)17-19-38(42)40-21-28-9-2-4-11-30(28)23-44(40)46/h1-26,39,43H. The Kier molecular flexibility index (Phi) is 4.71. The van der Waals surface area contributed by atoms with Gasteiger partial charge in [0.1, 0.15) is 0 Å². The van der Waals surface area contributed by atoms with Crippen LogP contribution < -0.4 is 10.4 Å². The maximum atomic E-state index is 2.59. The Balaban J connectivity index is 1.41. The summed E-state index contributed by atoms with van der Waals surface area (Å²) in [7, 11) is 0. The van der Waals surface area contributed by atoms with Crippen LogP contribution in [-0.2, 0) is 0 Å². The zero-order valence-electron chi connectivity index (χ0n) is 25.1. The van der Waals surface area contributed by atoms with E-state index in [4.69, 9.17) is 0 Å². The first-order valence-electron chi connectivity index (χ1n) is 16.2. The summed E-state index contributed by atoms with van der Waals surface area (Å²) in [5, 5.41) is 12.7. The first-order valence-corrected chi connectivity index (χ1v) is 16.2. The number of fused-ring (bicyclic) bond motifs is 17. The molecule has 11 rings (SSSR count). The van der Waals surface area contributed by atoms with Crippen molar-refractivity contribution in [2.45, 2.75) is 12.0 Å². The Bertz CT molecular complexity index is 2990. The van der Waals surface area contributed by atoms with Crippen LogP contribution in [0.5, 0.6) is 0 Å². The van der Waals surface area contributed by atoms with Crippen molar-refractivity contribution < 1.29 is 0 Å². The number of benzene rings is 7. The topological polar surface area (TPSA) is 9.34 Å². The van der Waals surface area contributed by atoms with Gasteiger partial charge in [0, 0.05) is 33.2 Å². The predicted octanol–water partition coefficient (Wildman–Crippen LogP) is 9.70. The monoisotopic (exact) mass is 584 g/mol. The minimum atomic E-state index is 0.196. The first kappa shape index (κ1) is 24.5. The Labute approximate surface area is 264 Å². The third kappa shape index (κ3) is 3.25. The third-order valence-electron chi connectivity index (χ3n) is 10.6. The first-order chi connectivity index (χ1) is 22.8. The van der Waals surface area contributed by atoms with Crippen molar-refractivity contribution in [1.29, 1.82) is 0 Å². The highest BCUT2D eigenvalue weighted by atomic mass is 15.0. The fraction of sp³-hybridized carbons (Fsp3) is 0.0455. The van der Waals surface area contributed by atoms with Gasteiger partial charge < -0.3 is 8.97 Å². The second-order valence-electron chi connectivity index (χ2n) is 13.0. The van der Waals surface area contributed by atoms with Crippen LogP contribution in [0.1, 0.15) is 17.5 Å². The molecule has 7 aromatic carbocycles. The summed E-state index contributed by atoms with van der Waals surface area (Å²) in [4.78, 5) is 0. The van der Waals surface area contributed by atoms with Crippen LogP contribution >= 0.6 is 0 Å². The Hall–Kier alpha value is -5.86. The lowest BCUT2D eigenvalue weighted by Crippen LogP contribution is -2.31. The number of hydrogen-bond donors (Lipinski definition) is 0. The maximum Gasteiger partial charge on any atom is 0.0635 e. The van der Waals surface area contributed by atoms with Crippen molar-refractivity contribution in [2.24, 2.45) is 0 Å². The van der Waals surface area contributed by atoms with E-state index in [1.54, 1.807) is 0 Å². The molecule has 0 saturated heterocycles. The van der Waals surface area contributed by atoms with Crippen LogP contribution in [0, 0.1) is 0 Å². The molecule has 1 aliphatic carbocycles. The largest absolute Gasteiger partial charge is 0.333 e. The minimum absolute atomic E-state index is 0.196. The number of hydrogen-bond acceptors (Lipinski definition) is 0. The second-order valence-corrected chi connectivity index (χ2v) is 13.0. The molecule has 0 amide bonds. The van der Waals surface area contributed by atoms with Gasteiger partial charge in [-0.05, 0) is 90.8 Å². The Morgan fingerprint density at radius 3 is 1.85 bits per heavy atom. The van der Waals surface area contributed by atoms with E-state index in [2.05, 4.69) is 167 Å². The molecule has 2 unspecified atom stereocenters. The highest BCUT2D eigenvalue weighted by Crippen LogP contribution is 2.44. The number of rotatable bonds is 0. The molecule has 1 aliphatic heterocycles. The minimum Gasteiger partial charge on any atom is -0.333 e. The maximum absolute atomic E-state index is 2.59. The van der Waals surface area contributed by atoms with Crippen LogP contribution in [0.2, 0.25) is 0 Å². The molecule has 2 heteroatoms. The van der Waals surface area contributed by atoms with Gasteiger partial charge in [0.2, 0.25) is 0 Å². The molecule has 2 aromatic heterocycles. The summed E-state index contributed by atoms with van der Waals surface area (Å²) in [5.74, 6) is 0.281. The summed E-state index contributed by atoms with van der Waals surface area (Å²) >= 11 is 0. The van der Waals surface area contributed by atoms with E-state index in [-0.39, 0.29) is 12.0 Å². The molecule has 2 atom stereocenters. The quantitative estimate of drug-likeness (QED) is 0.168. The van der Waals surface area contributed by atoms with Crippen LogP contribution in [-0.4, -0.2) is 8.97 Å². The molecule has 6 bridgehead atoms. The number of nitrogens with zero attached hydrogens (tertiary/aromatic N) is 2. The van der Waals surface area contributed by atoms with Crippen LogP contribution in [0.25, 0.3) is 82.8 Å².